The molecule has 1 saturated carbocycles. The summed E-state index contributed by atoms with van der Waals surface area (Å²) < 4.78 is 0. The summed E-state index contributed by atoms with van der Waals surface area (Å²) in [5, 5.41) is 0. The van der Waals surface area contributed by atoms with Gasteiger partial charge in [-0.15, -0.1) is 0 Å². The fourth-order valence-electron chi connectivity index (χ4n) is 8.16. The van der Waals surface area contributed by atoms with Gasteiger partial charge in [-0.3, -0.25) is 0 Å². The zero-order valence-electron chi connectivity index (χ0n) is 20.3. The van der Waals surface area contributed by atoms with Gasteiger partial charge in [0.05, 0.1) is 0 Å². The average Bonchev–Trinajstić information content (AvgIpc) is 3.06. The SMILES string of the molecule is CC1CC2C3=C(CC(C)(C)C3)C3=C(CC(C)(C)C3)C2C1[Si](C)(C)NC(C)(C)C. The molecule has 0 heterocycles. The van der Waals surface area contributed by atoms with Crippen molar-refractivity contribution in [3.63, 3.8) is 0 Å². The Kier molecular flexibility index (Phi) is 4.55. The zero-order chi connectivity index (χ0) is 20.9. The second-order valence-electron chi connectivity index (χ2n) is 14.0. The van der Waals surface area contributed by atoms with Gasteiger partial charge in [0.1, 0.15) is 8.24 Å². The Morgan fingerprint density at radius 3 is 1.89 bits per heavy atom. The molecule has 0 amide bonds. The van der Waals surface area contributed by atoms with Crippen molar-refractivity contribution in [3.8, 4) is 0 Å². The van der Waals surface area contributed by atoms with Crippen LogP contribution in [0, 0.1) is 28.6 Å². The minimum absolute atomic E-state index is 0.216. The minimum atomic E-state index is -1.57. The Bertz CT molecular complexity index is 743. The molecule has 1 nitrogen and oxygen atoms in total. The standard InChI is InChI=1S/C26H45NSi/c1-16-11-17-18-12-25(5,6)13-19(18)20-14-26(7,8)15-21(20)22(17)23(16)28(9,10)27-24(2,3)4/h16-17,22-23,27H,11-15H2,1-10H3. The number of rotatable bonds is 2. The van der Waals surface area contributed by atoms with E-state index in [1.54, 1.807) is 0 Å². The summed E-state index contributed by atoms with van der Waals surface area (Å²) in [4.78, 5) is 4.18. The molecule has 4 aliphatic rings. The third kappa shape index (κ3) is 3.41. The van der Waals surface area contributed by atoms with E-state index in [2.05, 4.69) is 73.5 Å². The van der Waals surface area contributed by atoms with Crippen molar-refractivity contribution in [2.24, 2.45) is 28.6 Å². The first-order chi connectivity index (χ1) is 12.6. The van der Waals surface area contributed by atoms with E-state index in [1.807, 2.05) is 22.3 Å². The zero-order valence-corrected chi connectivity index (χ0v) is 21.3. The molecule has 0 aliphatic heterocycles. The van der Waals surface area contributed by atoms with Gasteiger partial charge < -0.3 is 4.98 Å². The molecule has 0 bridgehead atoms. The van der Waals surface area contributed by atoms with Crippen LogP contribution >= 0.6 is 0 Å². The fraction of sp³-hybridized carbons (Fsp3) is 0.846. The van der Waals surface area contributed by atoms with Crippen molar-refractivity contribution >= 4 is 8.24 Å². The average molecular weight is 400 g/mol. The van der Waals surface area contributed by atoms with E-state index in [9.17, 15) is 0 Å². The Morgan fingerprint density at radius 2 is 1.36 bits per heavy atom. The molecule has 0 aromatic rings. The molecule has 0 spiro atoms. The van der Waals surface area contributed by atoms with Crippen molar-refractivity contribution in [2.45, 2.75) is 112 Å². The third-order valence-electron chi connectivity index (χ3n) is 8.23. The molecule has 2 heteroatoms. The lowest BCUT2D eigenvalue weighted by Crippen LogP contribution is -2.59. The van der Waals surface area contributed by atoms with Gasteiger partial charge in [0.15, 0.2) is 0 Å². The molecule has 28 heavy (non-hydrogen) atoms. The van der Waals surface area contributed by atoms with Gasteiger partial charge in [-0.05, 0) is 98.1 Å². The maximum atomic E-state index is 4.18. The number of nitrogens with one attached hydrogen (secondary N) is 1. The van der Waals surface area contributed by atoms with Gasteiger partial charge >= 0.3 is 0 Å². The van der Waals surface area contributed by atoms with Crippen LogP contribution in [0.3, 0.4) is 0 Å². The van der Waals surface area contributed by atoms with Crippen LogP contribution in [0.5, 0.6) is 0 Å². The molecule has 0 aromatic carbocycles. The number of allylic oxidation sites excluding steroid dienone is 4. The Morgan fingerprint density at radius 1 is 0.857 bits per heavy atom. The highest BCUT2D eigenvalue weighted by atomic mass is 28.3. The van der Waals surface area contributed by atoms with E-state index in [0.717, 1.165) is 23.3 Å². The normalized spacial score (nSPS) is 36.6. The van der Waals surface area contributed by atoms with E-state index in [-0.39, 0.29) is 5.54 Å². The Balaban J connectivity index is 1.78. The van der Waals surface area contributed by atoms with Crippen LogP contribution in [0.25, 0.3) is 0 Å². The van der Waals surface area contributed by atoms with Gasteiger partial charge in [-0.2, -0.15) is 0 Å². The Labute approximate surface area is 175 Å². The first-order valence-electron chi connectivity index (χ1n) is 11.8. The van der Waals surface area contributed by atoms with Crippen LogP contribution in [0.15, 0.2) is 22.3 Å². The van der Waals surface area contributed by atoms with Crippen LogP contribution in [0.4, 0.5) is 0 Å². The molecule has 0 radical (unpaired) electrons. The molecule has 158 valence electrons. The second kappa shape index (κ2) is 6.09. The molecule has 4 unspecified atom stereocenters. The van der Waals surface area contributed by atoms with E-state index in [0.29, 0.717) is 10.8 Å². The quantitative estimate of drug-likeness (QED) is 0.475. The van der Waals surface area contributed by atoms with Crippen molar-refractivity contribution in [1.29, 1.82) is 0 Å². The van der Waals surface area contributed by atoms with Gasteiger partial charge in [0.2, 0.25) is 0 Å². The van der Waals surface area contributed by atoms with Crippen LogP contribution in [0.2, 0.25) is 18.6 Å². The summed E-state index contributed by atoms with van der Waals surface area (Å²) in [7, 11) is -1.57. The molecule has 0 saturated heterocycles. The monoisotopic (exact) mass is 399 g/mol. The van der Waals surface area contributed by atoms with E-state index in [4.69, 9.17) is 0 Å². The first kappa shape index (κ1) is 20.9. The van der Waals surface area contributed by atoms with E-state index >= 15 is 0 Å². The summed E-state index contributed by atoms with van der Waals surface area (Å²) in [6.45, 7) is 25.0. The molecule has 0 aromatic heterocycles. The molecule has 4 rings (SSSR count). The lowest BCUT2D eigenvalue weighted by atomic mass is 9.74. The van der Waals surface area contributed by atoms with Crippen LogP contribution in [0.1, 0.15) is 87.5 Å². The predicted molar refractivity (Wildman–Crippen MR) is 125 cm³/mol. The lowest BCUT2D eigenvalue weighted by Gasteiger charge is -2.44. The van der Waals surface area contributed by atoms with Crippen molar-refractivity contribution in [3.05, 3.63) is 22.3 Å². The molecule has 4 atom stereocenters. The largest absolute Gasteiger partial charge is 0.332 e. The van der Waals surface area contributed by atoms with Crippen LogP contribution in [-0.4, -0.2) is 13.8 Å². The number of hydrogen-bond donors (Lipinski definition) is 1. The maximum absolute atomic E-state index is 4.18. The third-order valence-corrected chi connectivity index (χ3v) is 12.2. The summed E-state index contributed by atoms with van der Waals surface area (Å²) in [6.07, 6.45) is 6.80. The van der Waals surface area contributed by atoms with E-state index in [1.165, 1.54) is 32.1 Å². The van der Waals surface area contributed by atoms with Gasteiger partial charge in [0.25, 0.3) is 0 Å². The second-order valence-corrected chi connectivity index (χ2v) is 18.4. The molecular formula is C26H45NSi. The summed E-state index contributed by atoms with van der Waals surface area (Å²) in [5.41, 5.74) is 9.52. The van der Waals surface area contributed by atoms with Crippen LogP contribution < -0.4 is 4.98 Å². The Hall–Kier alpha value is -0.343. The van der Waals surface area contributed by atoms with Gasteiger partial charge in [0, 0.05) is 5.54 Å². The van der Waals surface area contributed by atoms with Gasteiger partial charge in [-0.1, -0.05) is 58.9 Å². The minimum Gasteiger partial charge on any atom is -0.332 e. The lowest BCUT2D eigenvalue weighted by molar-refractivity contribution is 0.351. The van der Waals surface area contributed by atoms with Crippen LogP contribution in [-0.2, 0) is 0 Å². The molecule has 1 fully saturated rings. The highest BCUT2D eigenvalue weighted by Crippen LogP contribution is 2.67. The smallest absolute Gasteiger partial charge is 0.123 e. The summed E-state index contributed by atoms with van der Waals surface area (Å²) in [6, 6.07) is 0. The molecule has 4 aliphatic carbocycles. The number of fused-ring (bicyclic) bond motifs is 4. The summed E-state index contributed by atoms with van der Waals surface area (Å²) >= 11 is 0. The summed E-state index contributed by atoms with van der Waals surface area (Å²) in [5.74, 6) is 2.52. The van der Waals surface area contributed by atoms with Crippen molar-refractivity contribution in [1.82, 2.24) is 4.98 Å². The fourth-order valence-corrected chi connectivity index (χ4v) is 13.1. The molecule has 1 N–H and O–H groups in total. The van der Waals surface area contributed by atoms with Gasteiger partial charge in [-0.25, -0.2) is 0 Å². The maximum Gasteiger partial charge on any atom is 0.123 e. The topological polar surface area (TPSA) is 12.0 Å². The number of hydrogen-bond acceptors (Lipinski definition) is 1. The highest BCUT2D eigenvalue weighted by molar-refractivity contribution is 6.76. The van der Waals surface area contributed by atoms with Crippen molar-refractivity contribution in [2.75, 3.05) is 0 Å². The molecular weight excluding hydrogens is 354 g/mol. The highest BCUT2D eigenvalue weighted by Gasteiger charge is 2.57. The predicted octanol–water partition coefficient (Wildman–Crippen LogP) is 7.47. The van der Waals surface area contributed by atoms with E-state index < -0.39 is 8.24 Å². The van der Waals surface area contributed by atoms with Crippen molar-refractivity contribution < 1.29 is 0 Å². The first-order valence-corrected chi connectivity index (χ1v) is 14.9.